The Labute approximate surface area is 150 Å². The molecule has 1 aromatic carbocycles. The molecule has 25 heavy (non-hydrogen) atoms. The largest absolute Gasteiger partial charge is 0.393 e. The van der Waals surface area contributed by atoms with Crippen LogP contribution in [0.2, 0.25) is 0 Å². The van der Waals surface area contributed by atoms with Gasteiger partial charge < -0.3 is 15.2 Å². The summed E-state index contributed by atoms with van der Waals surface area (Å²) in [4.78, 5) is 14.6. The van der Waals surface area contributed by atoms with Crippen molar-refractivity contribution in [1.82, 2.24) is 10.2 Å². The van der Waals surface area contributed by atoms with E-state index >= 15 is 0 Å². The van der Waals surface area contributed by atoms with Gasteiger partial charge in [0.15, 0.2) is 0 Å². The molecule has 0 bridgehead atoms. The number of hydrogen-bond donors (Lipinski definition) is 2. The van der Waals surface area contributed by atoms with Gasteiger partial charge in [-0.25, -0.2) is 0 Å². The molecule has 0 radical (unpaired) electrons. The number of aliphatic hydroxyl groups is 1. The van der Waals surface area contributed by atoms with Crippen LogP contribution in [0.4, 0.5) is 0 Å². The molecule has 5 heteroatoms. The molecule has 3 atom stereocenters. The molecule has 0 unspecified atom stereocenters. The minimum Gasteiger partial charge on any atom is -0.393 e. The number of amides is 1. The molecule has 5 nitrogen and oxygen atoms in total. The number of morpholine rings is 1. The molecule has 2 fully saturated rings. The van der Waals surface area contributed by atoms with E-state index in [9.17, 15) is 9.90 Å². The summed E-state index contributed by atoms with van der Waals surface area (Å²) >= 11 is 0. The molecule has 0 spiro atoms. The third-order valence-electron chi connectivity index (χ3n) is 5.48. The third kappa shape index (κ3) is 5.03. The summed E-state index contributed by atoms with van der Waals surface area (Å²) in [6.07, 6.45) is 3.89. The van der Waals surface area contributed by atoms with E-state index in [-0.39, 0.29) is 24.0 Å². The van der Waals surface area contributed by atoms with Gasteiger partial charge in [-0.15, -0.1) is 0 Å². The first-order valence-electron chi connectivity index (χ1n) is 9.45. The fraction of sp³-hybridized carbons (Fsp3) is 0.650. The number of carbonyl (C=O) groups is 1. The quantitative estimate of drug-likeness (QED) is 0.854. The van der Waals surface area contributed by atoms with Crippen molar-refractivity contribution >= 4 is 5.91 Å². The zero-order valence-electron chi connectivity index (χ0n) is 15.1. The van der Waals surface area contributed by atoms with Crippen LogP contribution < -0.4 is 5.32 Å². The van der Waals surface area contributed by atoms with Gasteiger partial charge in [0.05, 0.1) is 25.9 Å². The predicted molar refractivity (Wildman–Crippen MR) is 97.2 cm³/mol. The van der Waals surface area contributed by atoms with Crippen molar-refractivity contribution in [2.24, 2.45) is 5.92 Å². The molecule has 1 aliphatic heterocycles. The Morgan fingerprint density at radius 3 is 3.00 bits per heavy atom. The lowest BCUT2D eigenvalue weighted by Gasteiger charge is -2.43. The highest BCUT2D eigenvalue weighted by Crippen LogP contribution is 2.30. The molecule has 3 rings (SSSR count). The number of aryl methyl sites for hydroxylation is 1. The third-order valence-corrected chi connectivity index (χ3v) is 5.48. The second-order valence-electron chi connectivity index (χ2n) is 7.39. The summed E-state index contributed by atoms with van der Waals surface area (Å²) in [5.74, 6) is 0.261. The lowest BCUT2D eigenvalue weighted by Crippen LogP contribution is -2.55. The summed E-state index contributed by atoms with van der Waals surface area (Å²) in [7, 11) is 0. The Morgan fingerprint density at radius 2 is 2.20 bits per heavy atom. The first-order chi connectivity index (χ1) is 12.1. The number of nitrogens with zero attached hydrogens (tertiary/aromatic N) is 1. The number of rotatable bonds is 5. The van der Waals surface area contributed by atoms with E-state index in [4.69, 9.17) is 4.74 Å². The number of ether oxygens (including phenoxy) is 1. The highest BCUT2D eigenvalue weighted by molar-refractivity contribution is 5.78. The monoisotopic (exact) mass is 346 g/mol. The van der Waals surface area contributed by atoms with E-state index in [1.54, 1.807) is 0 Å². The van der Waals surface area contributed by atoms with Crippen molar-refractivity contribution in [3.05, 3.63) is 35.4 Å². The molecule has 1 aliphatic carbocycles. The van der Waals surface area contributed by atoms with Gasteiger partial charge in [0, 0.05) is 25.0 Å². The molecule has 0 aromatic heterocycles. The molecule has 2 aliphatic rings. The van der Waals surface area contributed by atoms with Crippen molar-refractivity contribution < 1.29 is 14.6 Å². The van der Waals surface area contributed by atoms with Crippen LogP contribution in [0.3, 0.4) is 0 Å². The molecule has 1 saturated heterocycles. The number of aliphatic hydroxyl groups excluding tert-OH is 1. The zero-order valence-corrected chi connectivity index (χ0v) is 15.1. The van der Waals surface area contributed by atoms with E-state index < -0.39 is 0 Å². The van der Waals surface area contributed by atoms with Crippen LogP contribution in [0.25, 0.3) is 0 Å². The van der Waals surface area contributed by atoms with Crippen LogP contribution in [0.1, 0.15) is 36.8 Å². The minimum atomic E-state index is -0.265. The Hall–Kier alpha value is -1.43. The van der Waals surface area contributed by atoms with Crippen molar-refractivity contribution in [2.75, 3.05) is 26.3 Å². The predicted octanol–water partition coefficient (Wildman–Crippen LogP) is 1.86. The van der Waals surface area contributed by atoms with Crippen LogP contribution in [0.5, 0.6) is 0 Å². The molecule has 1 heterocycles. The van der Waals surface area contributed by atoms with Crippen LogP contribution in [-0.4, -0.2) is 54.4 Å². The topological polar surface area (TPSA) is 61.8 Å². The SMILES string of the molecule is Cc1cccc(CNC(=O)CN2CCOC[C@@H]2[C@H]2CCCC[C@@H]2O)c1. The van der Waals surface area contributed by atoms with Crippen LogP contribution >= 0.6 is 0 Å². The van der Waals surface area contributed by atoms with Crippen LogP contribution in [-0.2, 0) is 16.1 Å². The smallest absolute Gasteiger partial charge is 0.234 e. The first-order valence-corrected chi connectivity index (χ1v) is 9.45. The van der Waals surface area contributed by atoms with Gasteiger partial charge in [0.2, 0.25) is 5.91 Å². The van der Waals surface area contributed by atoms with Gasteiger partial charge in [-0.1, -0.05) is 42.7 Å². The molecular weight excluding hydrogens is 316 g/mol. The maximum absolute atomic E-state index is 12.4. The fourth-order valence-electron chi connectivity index (χ4n) is 4.10. The van der Waals surface area contributed by atoms with E-state index in [0.717, 1.165) is 37.8 Å². The summed E-state index contributed by atoms with van der Waals surface area (Å²) in [6.45, 7) is 5.02. The number of nitrogens with one attached hydrogen (secondary N) is 1. The highest BCUT2D eigenvalue weighted by atomic mass is 16.5. The second kappa shape index (κ2) is 8.79. The van der Waals surface area contributed by atoms with Crippen LogP contribution in [0, 0.1) is 12.8 Å². The summed E-state index contributed by atoms with van der Waals surface area (Å²) in [5.41, 5.74) is 2.32. The molecule has 1 saturated carbocycles. The van der Waals surface area contributed by atoms with Gasteiger partial charge in [-0.2, -0.15) is 0 Å². The molecular formula is C20H30N2O3. The number of carbonyl (C=O) groups excluding carboxylic acids is 1. The van der Waals surface area contributed by atoms with Gasteiger partial charge in [0.1, 0.15) is 0 Å². The van der Waals surface area contributed by atoms with Gasteiger partial charge in [-0.3, -0.25) is 9.69 Å². The molecule has 2 N–H and O–H groups in total. The lowest BCUT2D eigenvalue weighted by atomic mass is 9.80. The van der Waals surface area contributed by atoms with E-state index in [2.05, 4.69) is 29.3 Å². The number of hydrogen-bond acceptors (Lipinski definition) is 4. The van der Waals surface area contributed by atoms with E-state index in [1.807, 2.05) is 12.1 Å². The zero-order chi connectivity index (χ0) is 17.6. The minimum absolute atomic E-state index is 0.0405. The maximum atomic E-state index is 12.4. The number of benzene rings is 1. The summed E-state index contributed by atoms with van der Waals surface area (Å²) < 4.78 is 5.65. The summed E-state index contributed by atoms with van der Waals surface area (Å²) in [5, 5.41) is 13.4. The Morgan fingerprint density at radius 1 is 1.36 bits per heavy atom. The van der Waals surface area contributed by atoms with Crippen molar-refractivity contribution in [2.45, 2.75) is 51.3 Å². The highest BCUT2D eigenvalue weighted by Gasteiger charge is 2.36. The van der Waals surface area contributed by atoms with E-state index in [0.29, 0.717) is 26.3 Å². The average molecular weight is 346 g/mol. The maximum Gasteiger partial charge on any atom is 0.234 e. The van der Waals surface area contributed by atoms with Gasteiger partial charge in [-0.05, 0) is 25.3 Å². The Kier molecular flexibility index (Phi) is 6.45. The average Bonchev–Trinajstić information content (AvgIpc) is 2.61. The van der Waals surface area contributed by atoms with Gasteiger partial charge in [0.25, 0.3) is 0 Å². The molecule has 1 aromatic rings. The normalized spacial score (nSPS) is 27.8. The summed E-state index contributed by atoms with van der Waals surface area (Å²) in [6, 6.07) is 8.34. The standard InChI is InChI=1S/C20H30N2O3/c1-15-5-4-6-16(11-15)12-21-20(24)13-22-9-10-25-14-18(22)17-7-2-3-8-19(17)23/h4-6,11,17-19,23H,2-3,7-10,12-14H2,1H3,(H,21,24)/t17-,18-,19+/m1/s1. The second-order valence-corrected chi connectivity index (χ2v) is 7.39. The Bertz CT molecular complexity index is 578. The van der Waals surface area contributed by atoms with Crippen molar-refractivity contribution in [3.63, 3.8) is 0 Å². The Balaban J connectivity index is 1.54. The van der Waals surface area contributed by atoms with Crippen molar-refractivity contribution in [1.29, 1.82) is 0 Å². The lowest BCUT2D eigenvalue weighted by molar-refractivity contribution is -0.127. The van der Waals surface area contributed by atoms with Crippen LogP contribution in [0.15, 0.2) is 24.3 Å². The van der Waals surface area contributed by atoms with Gasteiger partial charge >= 0.3 is 0 Å². The molecule has 1 amide bonds. The fourth-order valence-corrected chi connectivity index (χ4v) is 4.10. The van der Waals surface area contributed by atoms with Crippen molar-refractivity contribution in [3.8, 4) is 0 Å². The molecule has 138 valence electrons. The van der Waals surface area contributed by atoms with E-state index in [1.165, 1.54) is 5.56 Å². The first kappa shape index (κ1) is 18.4.